The monoisotopic (exact) mass is 480 g/mol. The van der Waals surface area contributed by atoms with E-state index in [1.165, 1.54) is 17.3 Å². The Morgan fingerprint density at radius 3 is 2.66 bits per heavy atom. The molecule has 154 valence electrons. The molecule has 1 aromatic heterocycles. The lowest BCUT2D eigenvalue weighted by molar-refractivity contribution is -0.122. The van der Waals surface area contributed by atoms with Gasteiger partial charge in [-0.25, -0.2) is 5.01 Å². The van der Waals surface area contributed by atoms with Gasteiger partial charge in [0.2, 0.25) is 5.91 Å². The van der Waals surface area contributed by atoms with Crippen molar-refractivity contribution in [2.45, 2.75) is 37.6 Å². The first-order chi connectivity index (χ1) is 13.5. The topological polar surface area (TPSA) is 104 Å². The van der Waals surface area contributed by atoms with Crippen molar-refractivity contribution in [3.63, 3.8) is 0 Å². The minimum atomic E-state index is -3.81. The van der Waals surface area contributed by atoms with E-state index in [9.17, 15) is 13.2 Å². The summed E-state index contributed by atoms with van der Waals surface area (Å²) in [6.07, 6.45) is 1.56. The second kappa shape index (κ2) is 8.11. The Bertz CT molecular complexity index is 1080. The number of furan rings is 1. The number of benzene rings is 1. The summed E-state index contributed by atoms with van der Waals surface area (Å²) in [6.45, 7) is 5.81. The Morgan fingerprint density at radius 2 is 2.00 bits per heavy atom. The zero-order chi connectivity index (χ0) is 21.2. The highest BCUT2D eigenvalue weighted by Gasteiger charge is 2.32. The van der Waals surface area contributed by atoms with Gasteiger partial charge in [0, 0.05) is 17.5 Å². The molecule has 10 heteroatoms. The molecule has 1 aliphatic heterocycles. The third-order valence-electron chi connectivity index (χ3n) is 3.84. The van der Waals surface area contributed by atoms with Crippen molar-refractivity contribution in [1.29, 1.82) is 0 Å². The van der Waals surface area contributed by atoms with Gasteiger partial charge in [-0.1, -0.05) is 12.1 Å². The molecule has 2 aromatic rings. The van der Waals surface area contributed by atoms with Gasteiger partial charge in [0.05, 0.1) is 12.8 Å². The Kier molecular flexibility index (Phi) is 5.95. The second-order valence-corrected chi connectivity index (χ2v) is 9.80. The Hall–Kier alpha value is -2.46. The van der Waals surface area contributed by atoms with Crippen LogP contribution >= 0.6 is 15.9 Å². The van der Waals surface area contributed by atoms with Crippen molar-refractivity contribution in [2.24, 2.45) is 9.50 Å². The molecule has 1 N–H and O–H groups in total. The summed E-state index contributed by atoms with van der Waals surface area (Å²) in [7, 11) is -3.81. The molecule has 8 nitrogen and oxygen atoms in total. The summed E-state index contributed by atoms with van der Waals surface area (Å²) in [5.41, 5.74) is 0.0772. The summed E-state index contributed by atoms with van der Waals surface area (Å²) >= 11 is 3.22. The van der Waals surface area contributed by atoms with E-state index in [1.807, 2.05) is 20.8 Å². The van der Waals surface area contributed by atoms with E-state index in [0.717, 1.165) is 0 Å². The summed E-state index contributed by atoms with van der Waals surface area (Å²) < 4.78 is 34.6. The van der Waals surface area contributed by atoms with Gasteiger partial charge in [0.15, 0.2) is 10.5 Å². The smallest absolute Gasteiger partial charge is 0.285 e. The maximum atomic E-state index is 12.4. The quantitative estimate of drug-likeness (QED) is 0.522. The number of hydrogen-bond acceptors (Lipinski definition) is 6. The van der Waals surface area contributed by atoms with Crippen LogP contribution in [0.3, 0.4) is 0 Å². The van der Waals surface area contributed by atoms with E-state index < -0.39 is 10.0 Å². The number of carbonyl (C=O) groups is 1. The molecule has 1 aliphatic rings. The predicted molar refractivity (Wildman–Crippen MR) is 113 cm³/mol. The summed E-state index contributed by atoms with van der Waals surface area (Å²) in [5, 5.41) is 8.62. The molecule has 3 rings (SSSR count). The highest BCUT2D eigenvalue weighted by Crippen LogP contribution is 2.27. The van der Waals surface area contributed by atoms with Crippen LogP contribution in [0.1, 0.15) is 38.5 Å². The Morgan fingerprint density at radius 1 is 1.28 bits per heavy atom. The first-order valence-corrected chi connectivity index (χ1v) is 11.1. The fourth-order valence-corrected chi connectivity index (χ4v) is 4.23. The van der Waals surface area contributed by atoms with Crippen molar-refractivity contribution in [3.8, 4) is 0 Å². The number of amidine groups is 1. The average molecular weight is 481 g/mol. The number of hydrazone groups is 1. The predicted octanol–water partition coefficient (Wildman–Crippen LogP) is 3.13. The zero-order valence-corrected chi connectivity index (χ0v) is 18.6. The van der Waals surface area contributed by atoms with Crippen molar-refractivity contribution in [2.75, 3.05) is 6.54 Å². The normalized spacial score (nSPS) is 15.2. The molecule has 0 spiro atoms. The van der Waals surface area contributed by atoms with E-state index in [-0.39, 0.29) is 35.1 Å². The number of nitrogens with zero attached hydrogens (tertiary/aromatic N) is 3. The maximum Gasteiger partial charge on any atom is 0.285 e. The first kappa shape index (κ1) is 21.3. The molecule has 0 fully saturated rings. The average Bonchev–Trinajstić information content (AvgIpc) is 3.15. The Balaban J connectivity index is 1.89. The maximum absolute atomic E-state index is 12.4. The van der Waals surface area contributed by atoms with E-state index in [4.69, 9.17) is 4.42 Å². The zero-order valence-electron chi connectivity index (χ0n) is 16.2. The molecule has 0 radical (unpaired) electrons. The van der Waals surface area contributed by atoms with Crippen molar-refractivity contribution in [3.05, 3.63) is 52.4 Å². The first-order valence-electron chi connectivity index (χ1n) is 8.87. The number of sulfonamides is 1. The van der Waals surface area contributed by atoms with Crippen LogP contribution in [0.15, 0.2) is 59.9 Å². The number of halogens is 1. The molecule has 1 amide bonds. The number of rotatable bonds is 5. The SMILES string of the molecule is CC(C)(C)NC(=O)CCN(/N=C/c1ccc(Br)o1)C1=NS(=O)(=O)c2ccccc21. The number of fused-ring (bicyclic) bond motifs is 1. The molecule has 29 heavy (non-hydrogen) atoms. The van der Waals surface area contributed by atoms with E-state index in [0.29, 0.717) is 16.0 Å². The highest BCUT2D eigenvalue weighted by molar-refractivity contribution is 9.10. The van der Waals surface area contributed by atoms with Crippen LogP contribution in [0.2, 0.25) is 0 Å². The minimum absolute atomic E-state index is 0.109. The van der Waals surface area contributed by atoms with Gasteiger partial charge in [-0.3, -0.25) is 4.79 Å². The standard InChI is InChI=1S/C19H21BrN4O4S/c1-19(2,3)22-17(25)10-11-24(21-12-13-8-9-16(20)28-13)18-14-6-4-5-7-15(14)29(26,27)23-18/h4-9,12H,10-11H2,1-3H3,(H,22,25)/b21-12+. The minimum Gasteiger partial charge on any atom is -0.448 e. The van der Waals surface area contributed by atoms with Gasteiger partial charge in [-0.05, 0) is 61.0 Å². The van der Waals surface area contributed by atoms with Gasteiger partial charge in [0.25, 0.3) is 10.0 Å². The lowest BCUT2D eigenvalue weighted by Gasteiger charge is -2.22. The van der Waals surface area contributed by atoms with Crippen LogP contribution in [-0.4, -0.2) is 43.5 Å². The second-order valence-electron chi connectivity index (χ2n) is 7.44. The summed E-state index contributed by atoms with van der Waals surface area (Å²) in [6, 6.07) is 9.96. The molecule has 0 aliphatic carbocycles. The molecule has 2 heterocycles. The van der Waals surface area contributed by atoms with Crippen molar-refractivity contribution < 1.29 is 17.6 Å². The molecule has 0 saturated carbocycles. The molecule has 0 saturated heterocycles. The van der Waals surface area contributed by atoms with Crippen molar-refractivity contribution >= 4 is 43.9 Å². The van der Waals surface area contributed by atoms with Gasteiger partial charge in [0.1, 0.15) is 10.7 Å². The number of carbonyl (C=O) groups excluding carboxylic acids is 1. The third-order valence-corrected chi connectivity index (χ3v) is 5.59. The summed E-state index contributed by atoms with van der Waals surface area (Å²) in [4.78, 5) is 12.4. The van der Waals surface area contributed by atoms with E-state index in [1.54, 1.807) is 30.3 Å². The van der Waals surface area contributed by atoms with Gasteiger partial charge in [-0.15, -0.1) is 4.40 Å². The molecule has 0 bridgehead atoms. The molecule has 1 aromatic carbocycles. The number of hydrogen-bond donors (Lipinski definition) is 1. The summed E-state index contributed by atoms with van der Waals surface area (Å²) in [5.74, 6) is 0.468. The van der Waals surface area contributed by atoms with Crippen LogP contribution in [0.5, 0.6) is 0 Å². The van der Waals surface area contributed by atoms with Crippen LogP contribution < -0.4 is 5.32 Å². The van der Waals surface area contributed by atoms with E-state index >= 15 is 0 Å². The van der Waals surface area contributed by atoms with Crippen LogP contribution in [0.25, 0.3) is 0 Å². The third kappa shape index (κ3) is 5.33. The van der Waals surface area contributed by atoms with Gasteiger partial charge >= 0.3 is 0 Å². The fourth-order valence-electron chi connectivity index (χ4n) is 2.71. The number of nitrogens with one attached hydrogen (secondary N) is 1. The van der Waals surface area contributed by atoms with Crippen LogP contribution in [0.4, 0.5) is 0 Å². The van der Waals surface area contributed by atoms with Gasteiger partial charge < -0.3 is 9.73 Å². The molecular formula is C19H21BrN4O4S. The van der Waals surface area contributed by atoms with E-state index in [2.05, 4.69) is 30.7 Å². The highest BCUT2D eigenvalue weighted by atomic mass is 79.9. The fraction of sp³-hybridized carbons (Fsp3) is 0.316. The van der Waals surface area contributed by atoms with Gasteiger partial charge in [-0.2, -0.15) is 13.5 Å². The molecular weight excluding hydrogens is 460 g/mol. The van der Waals surface area contributed by atoms with Crippen molar-refractivity contribution in [1.82, 2.24) is 10.3 Å². The lowest BCUT2D eigenvalue weighted by Crippen LogP contribution is -2.42. The Labute approximate surface area is 177 Å². The molecule has 0 unspecified atom stereocenters. The lowest BCUT2D eigenvalue weighted by atomic mass is 10.1. The number of amides is 1. The molecule has 0 atom stereocenters. The largest absolute Gasteiger partial charge is 0.448 e. The van der Waals surface area contributed by atoms with Crippen LogP contribution in [-0.2, 0) is 14.8 Å². The van der Waals surface area contributed by atoms with Crippen LogP contribution in [0, 0.1) is 0 Å².